The molecular formula is C26H28N6O5. The van der Waals surface area contributed by atoms with Gasteiger partial charge in [-0.15, -0.1) is 0 Å². The van der Waals surface area contributed by atoms with Crippen molar-refractivity contribution in [3.05, 3.63) is 59.9 Å². The number of ketones is 1. The first kappa shape index (κ1) is 25.5. The molecule has 0 radical (unpaired) electrons. The molecule has 2 aliphatic heterocycles. The fourth-order valence-electron chi connectivity index (χ4n) is 3.92. The van der Waals surface area contributed by atoms with Crippen LogP contribution in [-0.2, 0) is 9.59 Å². The molecule has 4 rings (SSSR count). The summed E-state index contributed by atoms with van der Waals surface area (Å²) in [6.07, 6.45) is 6.46. The zero-order chi connectivity index (χ0) is 26.2. The number of guanidine groups is 1. The average Bonchev–Trinajstić information content (AvgIpc) is 3.41. The Morgan fingerprint density at radius 1 is 1.19 bits per heavy atom. The van der Waals surface area contributed by atoms with Crippen molar-refractivity contribution in [3.63, 3.8) is 0 Å². The van der Waals surface area contributed by atoms with Gasteiger partial charge in [0.2, 0.25) is 11.9 Å². The highest BCUT2D eigenvalue weighted by Gasteiger charge is 2.33. The molecule has 2 aromatic rings. The molecule has 192 valence electrons. The van der Waals surface area contributed by atoms with Crippen molar-refractivity contribution in [2.24, 2.45) is 9.98 Å². The van der Waals surface area contributed by atoms with Crippen molar-refractivity contribution in [1.29, 1.82) is 0 Å². The van der Waals surface area contributed by atoms with Crippen LogP contribution in [0, 0.1) is 0 Å². The van der Waals surface area contributed by atoms with Crippen LogP contribution in [0.5, 0.6) is 11.5 Å². The van der Waals surface area contributed by atoms with E-state index in [1.54, 1.807) is 37.4 Å². The molecule has 1 aromatic heterocycles. The van der Waals surface area contributed by atoms with Crippen LogP contribution in [0.25, 0.3) is 0 Å². The van der Waals surface area contributed by atoms with Gasteiger partial charge in [-0.05, 0) is 37.3 Å². The summed E-state index contributed by atoms with van der Waals surface area (Å²) in [7, 11) is 1.51. The normalized spacial score (nSPS) is 13.8. The maximum absolute atomic E-state index is 12.8. The molecule has 3 heterocycles. The highest BCUT2D eigenvalue weighted by Crippen LogP contribution is 2.43. The fraction of sp³-hybridized carbons (Fsp3) is 0.308. The van der Waals surface area contributed by atoms with Gasteiger partial charge in [0.1, 0.15) is 18.1 Å². The van der Waals surface area contributed by atoms with Gasteiger partial charge in [0.25, 0.3) is 5.91 Å². The minimum atomic E-state index is -0.337. The van der Waals surface area contributed by atoms with Crippen LogP contribution in [0.15, 0.2) is 58.8 Å². The third kappa shape index (κ3) is 6.00. The van der Waals surface area contributed by atoms with E-state index in [0.717, 1.165) is 5.56 Å². The van der Waals surface area contributed by atoms with Gasteiger partial charge in [0.15, 0.2) is 17.3 Å². The lowest BCUT2D eigenvalue weighted by atomic mass is 10.1. The van der Waals surface area contributed by atoms with Crippen molar-refractivity contribution in [3.8, 4) is 11.5 Å². The summed E-state index contributed by atoms with van der Waals surface area (Å²) in [4.78, 5) is 51.4. The summed E-state index contributed by atoms with van der Waals surface area (Å²) in [6.45, 7) is 3.35. The minimum Gasteiger partial charge on any atom is -0.491 e. The summed E-state index contributed by atoms with van der Waals surface area (Å²) in [5.74, 6) is 1.21. The Labute approximate surface area is 214 Å². The van der Waals surface area contributed by atoms with Crippen LogP contribution in [0.3, 0.4) is 0 Å². The molecule has 37 heavy (non-hydrogen) atoms. The van der Waals surface area contributed by atoms with E-state index in [9.17, 15) is 14.4 Å². The number of hydrogen-bond acceptors (Lipinski definition) is 9. The van der Waals surface area contributed by atoms with E-state index in [2.05, 4.69) is 20.6 Å². The van der Waals surface area contributed by atoms with Crippen molar-refractivity contribution in [2.75, 3.05) is 33.4 Å². The maximum Gasteiger partial charge on any atom is 0.259 e. The van der Waals surface area contributed by atoms with E-state index < -0.39 is 0 Å². The highest BCUT2D eigenvalue weighted by atomic mass is 16.5. The van der Waals surface area contributed by atoms with Gasteiger partial charge in [-0.2, -0.15) is 0 Å². The standard InChI is InChI=1S/C26H28N6O5/c1-3-5-18(33)7-10-21(34)28-13-15-37-20-9-8-19-22(23(20)36-2)30-26(32-14-12-29-24(19)32)31-25(35)17-6-4-11-27-16-17/h3-6,8-9,11,16H,7,10,12-15H2,1-2H3,(H,28,34)(H,30,31,35)/b5-3+. The molecule has 11 heteroatoms. The number of nitrogens with one attached hydrogen (secondary N) is 2. The molecule has 2 N–H and O–H groups in total. The number of amides is 2. The SMILES string of the molecule is C/C=C/C(=O)CCC(=O)NCCOc1ccc2c(c1OC)N=C(NC(=O)c1cccnc1)N1CCN=C21. The summed E-state index contributed by atoms with van der Waals surface area (Å²) in [5, 5.41) is 5.59. The number of aliphatic imine (C=N–C) groups is 2. The summed E-state index contributed by atoms with van der Waals surface area (Å²) in [5.41, 5.74) is 1.66. The number of benzene rings is 1. The number of ether oxygens (including phenoxy) is 2. The number of allylic oxidation sites excluding steroid dienone is 2. The van der Waals surface area contributed by atoms with Crippen molar-refractivity contribution in [1.82, 2.24) is 20.5 Å². The predicted molar refractivity (Wildman–Crippen MR) is 137 cm³/mol. The average molecular weight is 505 g/mol. The monoisotopic (exact) mass is 504 g/mol. The predicted octanol–water partition coefficient (Wildman–Crippen LogP) is 2.00. The zero-order valence-electron chi connectivity index (χ0n) is 20.7. The quantitative estimate of drug-likeness (QED) is 0.373. The van der Waals surface area contributed by atoms with Crippen LogP contribution >= 0.6 is 0 Å². The summed E-state index contributed by atoms with van der Waals surface area (Å²) >= 11 is 0. The first-order valence-corrected chi connectivity index (χ1v) is 11.9. The third-order valence-corrected chi connectivity index (χ3v) is 5.64. The molecule has 2 aliphatic rings. The Balaban J connectivity index is 1.46. The third-order valence-electron chi connectivity index (χ3n) is 5.64. The number of fused-ring (bicyclic) bond motifs is 3. The number of hydrogen-bond donors (Lipinski definition) is 2. The molecule has 0 aliphatic carbocycles. The van der Waals surface area contributed by atoms with Crippen LogP contribution in [0.1, 0.15) is 35.7 Å². The largest absolute Gasteiger partial charge is 0.491 e. The van der Waals surface area contributed by atoms with Crippen molar-refractivity contribution >= 4 is 35.1 Å². The van der Waals surface area contributed by atoms with Crippen LogP contribution < -0.4 is 20.1 Å². The number of amidine groups is 1. The van der Waals surface area contributed by atoms with Gasteiger partial charge < -0.3 is 14.8 Å². The van der Waals surface area contributed by atoms with Crippen LogP contribution in [0.4, 0.5) is 5.69 Å². The molecule has 11 nitrogen and oxygen atoms in total. The molecular weight excluding hydrogens is 476 g/mol. The van der Waals surface area contributed by atoms with Crippen molar-refractivity contribution < 1.29 is 23.9 Å². The van der Waals surface area contributed by atoms with Crippen LogP contribution in [-0.4, -0.2) is 72.6 Å². The Morgan fingerprint density at radius 2 is 2.05 bits per heavy atom. The fourth-order valence-corrected chi connectivity index (χ4v) is 3.92. The summed E-state index contributed by atoms with van der Waals surface area (Å²) in [6, 6.07) is 6.97. The number of rotatable bonds is 10. The van der Waals surface area contributed by atoms with Crippen LogP contribution in [0.2, 0.25) is 0 Å². The number of methoxy groups -OCH3 is 1. The first-order chi connectivity index (χ1) is 18.0. The molecule has 0 atom stereocenters. The lowest BCUT2D eigenvalue weighted by Crippen LogP contribution is -2.47. The molecule has 1 aromatic carbocycles. The van der Waals surface area contributed by atoms with E-state index in [0.29, 0.717) is 47.6 Å². The Bertz CT molecular complexity index is 1270. The number of carbonyl (C=O) groups excluding carboxylic acids is 3. The van der Waals surface area contributed by atoms with Crippen molar-refractivity contribution in [2.45, 2.75) is 19.8 Å². The van der Waals surface area contributed by atoms with Gasteiger partial charge >= 0.3 is 0 Å². The first-order valence-electron chi connectivity index (χ1n) is 11.9. The number of carbonyl (C=O) groups is 3. The highest BCUT2D eigenvalue weighted by molar-refractivity contribution is 6.20. The van der Waals surface area contributed by atoms with Gasteiger partial charge in [-0.1, -0.05) is 6.08 Å². The number of pyridine rings is 1. The second-order valence-corrected chi connectivity index (χ2v) is 8.15. The molecule has 0 saturated heterocycles. The summed E-state index contributed by atoms with van der Waals surface area (Å²) < 4.78 is 11.5. The Hall–Kier alpha value is -4.54. The molecule has 0 saturated carbocycles. The Morgan fingerprint density at radius 3 is 2.81 bits per heavy atom. The van der Waals surface area contributed by atoms with E-state index in [1.165, 1.54) is 19.4 Å². The lowest BCUT2D eigenvalue weighted by Gasteiger charge is -2.28. The van der Waals surface area contributed by atoms with Gasteiger partial charge in [-0.3, -0.25) is 34.6 Å². The maximum atomic E-state index is 12.8. The molecule has 0 bridgehead atoms. The topological polar surface area (TPSA) is 135 Å². The second kappa shape index (κ2) is 11.9. The zero-order valence-corrected chi connectivity index (χ0v) is 20.7. The number of nitrogens with zero attached hydrogens (tertiary/aromatic N) is 4. The van der Waals surface area contributed by atoms with E-state index in [4.69, 9.17) is 14.5 Å². The Kier molecular flexibility index (Phi) is 8.24. The van der Waals surface area contributed by atoms with E-state index >= 15 is 0 Å². The van der Waals surface area contributed by atoms with E-state index in [1.807, 2.05) is 11.0 Å². The smallest absolute Gasteiger partial charge is 0.259 e. The number of aromatic nitrogens is 1. The second-order valence-electron chi connectivity index (χ2n) is 8.15. The molecule has 0 spiro atoms. The lowest BCUT2D eigenvalue weighted by molar-refractivity contribution is -0.123. The van der Waals surface area contributed by atoms with E-state index in [-0.39, 0.29) is 43.6 Å². The molecule has 0 fully saturated rings. The molecule has 0 unspecified atom stereocenters. The molecule has 2 amide bonds. The van der Waals surface area contributed by atoms with Gasteiger partial charge in [-0.25, -0.2) is 4.99 Å². The van der Waals surface area contributed by atoms with Gasteiger partial charge in [0.05, 0.1) is 25.8 Å². The van der Waals surface area contributed by atoms with Gasteiger partial charge in [0, 0.05) is 37.3 Å². The minimum absolute atomic E-state index is 0.0883.